The van der Waals surface area contributed by atoms with E-state index < -0.39 is 0 Å². The maximum atomic E-state index is 11.3. The first-order chi connectivity index (χ1) is 7.66. The molecule has 16 heavy (non-hydrogen) atoms. The molecule has 5 heteroatoms. The second-order valence-electron chi connectivity index (χ2n) is 3.44. The topological polar surface area (TPSA) is 59.8 Å². The van der Waals surface area contributed by atoms with Crippen LogP contribution in [0.15, 0.2) is 35.1 Å². The molecule has 82 valence electrons. The lowest BCUT2D eigenvalue weighted by Crippen LogP contribution is -2.24. The van der Waals surface area contributed by atoms with Gasteiger partial charge in [-0.2, -0.15) is 10.1 Å². The van der Waals surface area contributed by atoms with Crippen LogP contribution in [0.4, 0.5) is 11.5 Å². The minimum atomic E-state index is -0.371. The van der Waals surface area contributed by atoms with Crippen molar-refractivity contribution < 1.29 is 0 Å². The van der Waals surface area contributed by atoms with Gasteiger partial charge in [-0.05, 0) is 19.1 Å². The van der Waals surface area contributed by atoms with Crippen molar-refractivity contribution in [2.24, 2.45) is 7.05 Å². The normalized spacial score (nSPS) is 10.1. The number of hydrogen-bond donors (Lipinski definition) is 1. The molecule has 0 saturated carbocycles. The third-order valence-electron chi connectivity index (χ3n) is 2.16. The number of nitrogens with one attached hydrogen (secondary N) is 1. The Morgan fingerprint density at radius 1 is 1.25 bits per heavy atom. The predicted molar refractivity (Wildman–Crippen MR) is 61.7 cm³/mol. The first-order valence-corrected chi connectivity index (χ1v) is 4.91. The Morgan fingerprint density at radius 2 is 1.94 bits per heavy atom. The van der Waals surface area contributed by atoms with E-state index in [0.29, 0.717) is 11.5 Å². The van der Waals surface area contributed by atoms with Crippen molar-refractivity contribution in [1.29, 1.82) is 0 Å². The van der Waals surface area contributed by atoms with E-state index in [9.17, 15) is 4.79 Å². The Kier molecular flexibility index (Phi) is 2.68. The summed E-state index contributed by atoms with van der Waals surface area (Å²) >= 11 is 0. The third-order valence-corrected chi connectivity index (χ3v) is 2.16. The van der Waals surface area contributed by atoms with E-state index in [-0.39, 0.29) is 5.69 Å². The van der Waals surface area contributed by atoms with Gasteiger partial charge in [-0.1, -0.05) is 18.2 Å². The van der Waals surface area contributed by atoms with Crippen molar-refractivity contribution in [2.45, 2.75) is 6.92 Å². The molecule has 0 aliphatic heterocycles. The molecule has 1 aromatic carbocycles. The molecule has 2 rings (SSSR count). The maximum Gasteiger partial charge on any atom is 0.365 e. The summed E-state index contributed by atoms with van der Waals surface area (Å²) in [6.45, 7) is 1.80. The molecule has 1 N–H and O–H groups in total. The van der Waals surface area contributed by atoms with Gasteiger partial charge in [0.1, 0.15) is 5.69 Å². The van der Waals surface area contributed by atoms with Gasteiger partial charge in [-0.15, -0.1) is 0 Å². The van der Waals surface area contributed by atoms with Crippen molar-refractivity contribution in [2.75, 3.05) is 5.32 Å². The molecule has 2 aromatic rings. The molecule has 0 spiro atoms. The zero-order valence-electron chi connectivity index (χ0n) is 9.14. The molecule has 0 atom stereocenters. The van der Waals surface area contributed by atoms with E-state index in [2.05, 4.69) is 15.4 Å². The van der Waals surface area contributed by atoms with Crippen molar-refractivity contribution in [3.8, 4) is 0 Å². The second kappa shape index (κ2) is 4.14. The van der Waals surface area contributed by atoms with Crippen LogP contribution in [0, 0.1) is 6.92 Å². The highest BCUT2D eigenvalue weighted by Crippen LogP contribution is 2.13. The van der Waals surface area contributed by atoms with E-state index in [1.807, 2.05) is 30.3 Å². The fraction of sp³-hybridized carbons (Fsp3) is 0.182. The van der Waals surface area contributed by atoms with Crippen LogP contribution in [0.3, 0.4) is 0 Å². The Bertz CT molecular complexity index is 548. The molecule has 0 bridgehead atoms. The molecule has 1 heterocycles. The first kappa shape index (κ1) is 10.4. The van der Waals surface area contributed by atoms with Gasteiger partial charge in [-0.3, -0.25) is 0 Å². The summed E-state index contributed by atoms with van der Waals surface area (Å²) in [6, 6.07) is 9.54. The standard InChI is InChI=1S/C11H12N4O/c1-8-10(13-11(16)15(2)14-8)12-9-6-4-3-5-7-9/h3-7H,1-2H3,(H,12,13,16). The fourth-order valence-corrected chi connectivity index (χ4v) is 1.34. The van der Waals surface area contributed by atoms with Gasteiger partial charge in [0.15, 0.2) is 5.82 Å². The van der Waals surface area contributed by atoms with Crippen LogP contribution in [0.25, 0.3) is 0 Å². The van der Waals surface area contributed by atoms with Crippen LogP contribution in [0.2, 0.25) is 0 Å². The van der Waals surface area contributed by atoms with Crippen molar-refractivity contribution in [3.63, 3.8) is 0 Å². The van der Waals surface area contributed by atoms with E-state index in [1.165, 1.54) is 4.68 Å². The van der Waals surface area contributed by atoms with Gasteiger partial charge in [0.25, 0.3) is 0 Å². The second-order valence-corrected chi connectivity index (χ2v) is 3.44. The summed E-state index contributed by atoms with van der Waals surface area (Å²) in [5.74, 6) is 0.495. The van der Waals surface area contributed by atoms with Crippen LogP contribution >= 0.6 is 0 Å². The first-order valence-electron chi connectivity index (χ1n) is 4.91. The van der Waals surface area contributed by atoms with Crippen LogP contribution in [-0.2, 0) is 7.05 Å². The number of hydrogen-bond acceptors (Lipinski definition) is 4. The van der Waals surface area contributed by atoms with Crippen LogP contribution in [0.5, 0.6) is 0 Å². The maximum absolute atomic E-state index is 11.3. The van der Waals surface area contributed by atoms with Gasteiger partial charge >= 0.3 is 5.69 Å². The summed E-state index contributed by atoms with van der Waals surface area (Å²) in [7, 11) is 1.58. The molecule has 0 unspecified atom stereocenters. The van der Waals surface area contributed by atoms with Crippen molar-refractivity contribution in [3.05, 3.63) is 46.5 Å². The summed E-state index contributed by atoms with van der Waals surface area (Å²) in [4.78, 5) is 15.2. The van der Waals surface area contributed by atoms with Crippen molar-refractivity contribution >= 4 is 11.5 Å². The third kappa shape index (κ3) is 2.08. The molecule has 0 saturated heterocycles. The highest BCUT2D eigenvalue weighted by Gasteiger charge is 2.04. The van der Waals surface area contributed by atoms with E-state index in [1.54, 1.807) is 14.0 Å². The molecule has 0 amide bonds. The summed E-state index contributed by atoms with van der Waals surface area (Å²) in [5, 5.41) is 7.10. The number of para-hydroxylation sites is 1. The Balaban J connectivity index is 2.36. The van der Waals surface area contributed by atoms with Gasteiger partial charge in [0, 0.05) is 12.7 Å². The fourth-order valence-electron chi connectivity index (χ4n) is 1.34. The highest BCUT2D eigenvalue weighted by molar-refractivity contribution is 5.56. The Morgan fingerprint density at radius 3 is 2.62 bits per heavy atom. The zero-order valence-corrected chi connectivity index (χ0v) is 9.14. The smallest absolute Gasteiger partial charge is 0.338 e. The number of rotatable bonds is 2. The molecule has 0 fully saturated rings. The zero-order chi connectivity index (χ0) is 11.5. The van der Waals surface area contributed by atoms with Crippen LogP contribution < -0.4 is 11.0 Å². The lowest BCUT2D eigenvalue weighted by Gasteiger charge is -2.07. The highest BCUT2D eigenvalue weighted by atomic mass is 16.1. The lowest BCUT2D eigenvalue weighted by molar-refractivity contribution is 0.663. The molecular formula is C11H12N4O. The Hall–Kier alpha value is -2.17. The Labute approximate surface area is 92.8 Å². The lowest BCUT2D eigenvalue weighted by atomic mass is 10.3. The van der Waals surface area contributed by atoms with Gasteiger partial charge < -0.3 is 5.32 Å². The molecule has 5 nitrogen and oxygen atoms in total. The SMILES string of the molecule is Cc1nn(C)c(=O)nc1Nc1ccccc1. The summed E-state index contributed by atoms with van der Waals surface area (Å²) in [6.07, 6.45) is 0. The van der Waals surface area contributed by atoms with Crippen LogP contribution in [0.1, 0.15) is 5.69 Å². The molecule has 0 aliphatic rings. The van der Waals surface area contributed by atoms with E-state index in [4.69, 9.17) is 0 Å². The van der Waals surface area contributed by atoms with E-state index in [0.717, 1.165) is 5.69 Å². The summed E-state index contributed by atoms with van der Waals surface area (Å²) in [5.41, 5.74) is 1.20. The molecule has 0 radical (unpaired) electrons. The molecule has 0 aliphatic carbocycles. The van der Waals surface area contributed by atoms with E-state index >= 15 is 0 Å². The van der Waals surface area contributed by atoms with Gasteiger partial charge in [0.05, 0.1) is 0 Å². The summed E-state index contributed by atoms with van der Waals surface area (Å²) < 4.78 is 1.21. The number of anilines is 2. The number of nitrogens with zero attached hydrogens (tertiary/aromatic N) is 3. The molecule has 1 aromatic heterocycles. The average molecular weight is 216 g/mol. The predicted octanol–water partition coefficient (Wildman–Crippen LogP) is 1.23. The monoisotopic (exact) mass is 216 g/mol. The quantitative estimate of drug-likeness (QED) is 0.820. The largest absolute Gasteiger partial charge is 0.365 e. The van der Waals surface area contributed by atoms with Crippen molar-refractivity contribution in [1.82, 2.24) is 14.8 Å². The van der Waals surface area contributed by atoms with Gasteiger partial charge in [0.2, 0.25) is 0 Å². The minimum Gasteiger partial charge on any atom is -0.338 e. The number of aromatic nitrogens is 3. The average Bonchev–Trinajstić information content (AvgIpc) is 2.27. The minimum absolute atomic E-state index is 0.371. The number of aryl methyl sites for hydroxylation is 2. The molecular weight excluding hydrogens is 204 g/mol. The van der Waals surface area contributed by atoms with Gasteiger partial charge in [-0.25, -0.2) is 9.48 Å². The number of benzene rings is 1. The van der Waals surface area contributed by atoms with Crippen LogP contribution in [-0.4, -0.2) is 14.8 Å².